The number of nitrogens with zero attached hydrogens (tertiary/aromatic N) is 1. The number of carbonyl (C=O) groups excluding carboxylic acids is 1. The van der Waals surface area contributed by atoms with Crippen molar-refractivity contribution in [1.82, 2.24) is 4.31 Å². The van der Waals surface area contributed by atoms with Crippen molar-refractivity contribution < 1.29 is 23.1 Å². The minimum absolute atomic E-state index is 0.0640. The Kier molecular flexibility index (Phi) is 4.29. The zero-order valence-electron chi connectivity index (χ0n) is 11.1. The minimum Gasteiger partial charge on any atom is -0.548 e. The summed E-state index contributed by atoms with van der Waals surface area (Å²) in [5.74, 6) is -0.777. The Bertz CT molecular complexity index is 581. The third-order valence-corrected chi connectivity index (χ3v) is 5.14. The highest BCUT2D eigenvalue weighted by atomic mass is 32.2. The Balaban J connectivity index is 2.27. The number of carbonyl (C=O) groups is 1. The molecule has 1 aromatic carbocycles. The lowest BCUT2D eigenvalue weighted by molar-refractivity contribution is -0.309. The molecule has 110 valence electrons. The first-order valence-corrected chi connectivity index (χ1v) is 7.86. The molecule has 0 saturated carbocycles. The molecule has 20 heavy (non-hydrogen) atoms. The number of sulfonamides is 1. The predicted octanol–water partition coefficient (Wildman–Crippen LogP) is -0.0117. The van der Waals surface area contributed by atoms with Gasteiger partial charge in [0.15, 0.2) is 0 Å². The number of carboxylic acid groups (broad SMARTS) is 1. The van der Waals surface area contributed by atoms with Gasteiger partial charge >= 0.3 is 0 Å². The number of hydrogen-bond donors (Lipinski definition) is 0. The molecule has 7 heteroatoms. The van der Waals surface area contributed by atoms with Gasteiger partial charge in [0.1, 0.15) is 5.75 Å². The highest BCUT2D eigenvalue weighted by Gasteiger charge is 2.35. The lowest BCUT2D eigenvalue weighted by Gasteiger charge is -2.24. The van der Waals surface area contributed by atoms with Crippen LogP contribution in [-0.2, 0) is 14.8 Å². The third kappa shape index (κ3) is 2.78. The van der Waals surface area contributed by atoms with Gasteiger partial charge in [-0.15, -0.1) is 0 Å². The number of hydrogen-bond acceptors (Lipinski definition) is 5. The molecule has 0 spiro atoms. The molecule has 0 aliphatic carbocycles. The van der Waals surface area contributed by atoms with Gasteiger partial charge in [0.2, 0.25) is 10.0 Å². The van der Waals surface area contributed by atoms with E-state index in [1.807, 2.05) is 6.92 Å². The second-order valence-corrected chi connectivity index (χ2v) is 6.39. The summed E-state index contributed by atoms with van der Waals surface area (Å²) in [6.07, 6.45) is 0.813. The molecule has 1 fully saturated rings. The summed E-state index contributed by atoms with van der Waals surface area (Å²) < 4.78 is 31.1. The van der Waals surface area contributed by atoms with Crippen LogP contribution in [0.3, 0.4) is 0 Å². The standard InChI is InChI=1S/C13H17NO5S/c1-2-19-10-5-7-11(8-6-10)20(17,18)14-9-3-4-12(14)13(15)16/h5-8,12H,2-4,9H2,1H3,(H,15,16)/p-1/t12-/m1/s1. The Morgan fingerprint density at radius 3 is 2.60 bits per heavy atom. The number of aliphatic carboxylic acids is 1. The minimum atomic E-state index is -3.81. The van der Waals surface area contributed by atoms with Crippen molar-refractivity contribution in [2.45, 2.75) is 30.7 Å². The number of rotatable bonds is 5. The second-order valence-electron chi connectivity index (χ2n) is 4.50. The van der Waals surface area contributed by atoms with E-state index in [-0.39, 0.29) is 11.4 Å². The van der Waals surface area contributed by atoms with Crippen molar-refractivity contribution in [3.8, 4) is 5.75 Å². The van der Waals surface area contributed by atoms with Crippen molar-refractivity contribution in [2.24, 2.45) is 0 Å². The molecular weight excluding hydrogens is 282 g/mol. The van der Waals surface area contributed by atoms with Gasteiger partial charge in [-0.25, -0.2) is 8.42 Å². The Morgan fingerprint density at radius 1 is 1.40 bits per heavy atom. The van der Waals surface area contributed by atoms with E-state index in [1.54, 1.807) is 12.1 Å². The van der Waals surface area contributed by atoms with Crippen molar-refractivity contribution in [2.75, 3.05) is 13.2 Å². The van der Waals surface area contributed by atoms with E-state index in [9.17, 15) is 18.3 Å². The van der Waals surface area contributed by atoms with Crippen LogP contribution in [0.15, 0.2) is 29.2 Å². The smallest absolute Gasteiger partial charge is 0.243 e. The van der Waals surface area contributed by atoms with Crippen molar-refractivity contribution in [3.05, 3.63) is 24.3 Å². The maximum Gasteiger partial charge on any atom is 0.243 e. The lowest BCUT2D eigenvalue weighted by Crippen LogP contribution is -2.46. The van der Waals surface area contributed by atoms with Gasteiger partial charge < -0.3 is 14.6 Å². The summed E-state index contributed by atoms with van der Waals surface area (Å²) in [5.41, 5.74) is 0. The zero-order chi connectivity index (χ0) is 14.8. The molecule has 0 bridgehead atoms. The zero-order valence-corrected chi connectivity index (χ0v) is 11.9. The van der Waals surface area contributed by atoms with E-state index in [4.69, 9.17) is 4.74 Å². The van der Waals surface area contributed by atoms with E-state index in [2.05, 4.69) is 0 Å². The fourth-order valence-electron chi connectivity index (χ4n) is 2.27. The van der Waals surface area contributed by atoms with Crippen LogP contribution in [0.25, 0.3) is 0 Å². The molecule has 0 radical (unpaired) electrons. The van der Waals surface area contributed by atoms with Crippen molar-refractivity contribution in [3.63, 3.8) is 0 Å². The summed E-state index contributed by atoms with van der Waals surface area (Å²) in [6, 6.07) is 4.88. The van der Waals surface area contributed by atoms with Gasteiger partial charge in [0, 0.05) is 6.54 Å². The fourth-order valence-corrected chi connectivity index (χ4v) is 3.92. The van der Waals surface area contributed by atoms with E-state index < -0.39 is 22.0 Å². The number of benzene rings is 1. The largest absolute Gasteiger partial charge is 0.548 e. The molecule has 1 aromatic rings. The predicted molar refractivity (Wildman–Crippen MR) is 69.5 cm³/mol. The Hall–Kier alpha value is -1.60. The van der Waals surface area contributed by atoms with Gasteiger partial charge in [-0.3, -0.25) is 0 Å². The first-order valence-electron chi connectivity index (χ1n) is 6.42. The SMILES string of the molecule is CCOc1ccc(S(=O)(=O)N2CCC[C@@H]2C(=O)[O-])cc1. The van der Waals surface area contributed by atoms with E-state index in [0.29, 0.717) is 25.2 Å². The van der Waals surface area contributed by atoms with Gasteiger partial charge in [-0.05, 0) is 44.0 Å². The summed E-state index contributed by atoms with van der Waals surface area (Å²) in [6.45, 7) is 2.53. The average molecular weight is 298 g/mol. The first-order chi connectivity index (χ1) is 9.46. The molecular formula is C13H16NO5S-. The molecule has 0 unspecified atom stereocenters. The van der Waals surface area contributed by atoms with Gasteiger partial charge in [0.25, 0.3) is 0 Å². The molecule has 1 atom stereocenters. The van der Waals surface area contributed by atoms with Gasteiger partial charge in [-0.2, -0.15) is 4.31 Å². The van der Waals surface area contributed by atoms with Crippen LogP contribution in [-0.4, -0.2) is 37.9 Å². The van der Waals surface area contributed by atoms with Crippen LogP contribution < -0.4 is 9.84 Å². The van der Waals surface area contributed by atoms with E-state index in [0.717, 1.165) is 4.31 Å². The molecule has 1 aliphatic heterocycles. The van der Waals surface area contributed by atoms with Crippen molar-refractivity contribution in [1.29, 1.82) is 0 Å². The van der Waals surface area contributed by atoms with Crippen LogP contribution in [0.5, 0.6) is 5.75 Å². The highest BCUT2D eigenvalue weighted by molar-refractivity contribution is 7.89. The Morgan fingerprint density at radius 2 is 2.05 bits per heavy atom. The number of carboxylic acids is 1. The highest BCUT2D eigenvalue weighted by Crippen LogP contribution is 2.26. The molecule has 2 rings (SSSR count). The lowest BCUT2D eigenvalue weighted by atomic mass is 10.2. The molecule has 0 N–H and O–H groups in total. The van der Waals surface area contributed by atoms with E-state index in [1.165, 1.54) is 12.1 Å². The average Bonchev–Trinajstić information content (AvgIpc) is 2.90. The fraction of sp³-hybridized carbons (Fsp3) is 0.462. The molecule has 1 aliphatic rings. The summed E-state index contributed by atoms with van der Waals surface area (Å²) >= 11 is 0. The maximum atomic E-state index is 12.4. The van der Waals surface area contributed by atoms with Crippen LogP contribution >= 0.6 is 0 Å². The van der Waals surface area contributed by atoms with Gasteiger partial charge in [0.05, 0.1) is 23.5 Å². The van der Waals surface area contributed by atoms with Crippen LogP contribution in [0.4, 0.5) is 0 Å². The molecule has 1 saturated heterocycles. The monoisotopic (exact) mass is 298 g/mol. The molecule has 6 nitrogen and oxygen atoms in total. The van der Waals surface area contributed by atoms with Crippen LogP contribution in [0.2, 0.25) is 0 Å². The summed E-state index contributed by atoms with van der Waals surface area (Å²) in [7, 11) is -3.81. The van der Waals surface area contributed by atoms with Crippen LogP contribution in [0, 0.1) is 0 Å². The first kappa shape index (κ1) is 14.8. The normalized spacial score (nSPS) is 19.9. The molecule has 0 amide bonds. The summed E-state index contributed by atoms with van der Waals surface area (Å²) in [5, 5.41) is 11.0. The third-order valence-electron chi connectivity index (χ3n) is 3.22. The second kappa shape index (κ2) is 5.80. The van der Waals surface area contributed by atoms with E-state index >= 15 is 0 Å². The number of ether oxygens (including phenoxy) is 1. The van der Waals surface area contributed by atoms with Crippen molar-refractivity contribution >= 4 is 16.0 Å². The quantitative estimate of drug-likeness (QED) is 0.763. The summed E-state index contributed by atoms with van der Waals surface area (Å²) in [4.78, 5) is 11.1. The molecule has 0 aromatic heterocycles. The van der Waals surface area contributed by atoms with Gasteiger partial charge in [-0.1, -0.05) is 0 Å². The Labute approximate surface area is 118 Å². The van der Waals surface area contributed by atoms with Crippen LogP contribution in [0.1, 0.15) is 19.8 Å². The topological polar surface area (TPSA) is 86.7 Å². The molecule has 1 heterocycles. The maximum absolute atomic E-state index is 12.4.